The minimum atomic E-state index is -6.00. The summed E-state index contributed by atoms with van der Waals surface area (Å²) in [7, 11) is -6.00. The summed E-state index contributed by atoms with van der Waals surface area (Å²) in [5.74, 6) is -0.885. The predicted octanol–water partition coefficient (Wildman–Crippen LogP) is 2.75. The molecule has 4 aromatic heterocycles. The van der Waals surface area contributed by atoms with E-state index in [1.165, 1.54) is 6.07 Å². The molecule has 0 spiro atoms. The number of nitrogens with zero attached hydrogens (tertiary/aromatic N) is 6. The number of amides is 1. The number of rotatable bonds is 7. The normalized spacial score (nSPS) is 16.9. The van der Waals surface area contributed by atoms with Crippen molar-refractivity contribution in [3.8, 4) is 17.3 Å². The van der Waals surface area contributed by atoms with Crippen molar-refractivity contribution >= 4 is 38.3 Å². The van der Waals surface area contributed by atoms with Crippen molar-refractivity contribution in [3.63, 3.8) is 0 Å². The van der Waals surface area contributed by atoms with E-state index in [0.717, 1.165) is 43.9 Å². The lowest BCUT2D eigenvalue weighted by Crippen LogP contribution is -2.35. The van der Waals surface area contributed by atoms with Gasteiger partial charge in [0, 0.05) is 55.1 Å². The molecule has 0 unspecified atom stereocenters. The number of carbonyl (C=O) groups excluding carboxylic acids is 1. The van der Waals surface area contributed by atoms with Gasteiger partial charge in [0.1, 0.15) is 5.82 Å². The van der Waals surface area contributed by atoms with Gasteiger partial charge in [0.15, 0.2) is 11.5 Å². The van der Waals surface area contributed by atoms with Crippen LogP contribution in [0.4, 0.5) is 19.0 Å². The highest BCUT2D eigenvalue weighted by atomic mass is 32.2. The molecule has 4 aromatic rings. The highest BCUT2D eigenvalue weighted by Crippen LogP contribution is 2.36. The quantitative estimate of drug-likeness (QED) is 0.258. The second-order valence-electron chi connectivity index (χ2n) is 9.50. The van der Waals surface area contributed by atoms with Crippen LogP contribution in [0, 0.1) is 5.92 Å². The number of ether oxygens (including phenoxy) is 1. The maximum Gasteiger partial charge on any atom is 0.534 e. The van der Waals surface area contributed by atoms with Crippen molar-refractivity contribution in [2.45, 2.75) is 24.9 Å². The van der Waals surface area contributed by atoms with Crippen LogP contribution < -0.4 is 9.50 Å². The van der Waals surface area contributed by atoms with Gasteiger partial charge in [-0.05, 0) is 30.5 Å². The molecule has 1 saturated heterocycles. The number of hydrogen-bond acceptors (Lipinski definition) is 10. The molecule has 0 aromatic carbocycles. The lowest BCUT2D eigenvalue weighted by molar-refractivity contribution is -0.117. The molecule has 12 nitrogen and oxygen atoms in total. The Labute approximate surface area is 225 Å². The number of halogens is 3. The van der Waals surface area contributed by atoms with E-state index in [0.29, 0.717) is 25.4 Å². The van der Waals surface area contributed by atoms with E-state index in [9.17, 15) is 26.4 Å². The SMILES string of the molecule is O=C(Nc1cc2c(-c3nc4ccc(CN5CCOCC5)cn4n3)cnc(OS(=O)(=O)C(F)(F)F)c2cn1)C1CC1. The Morgan fingerprint density at radius 2 is 1.90 bits per heavy atom. The van der Waals surface area contributed by atoms with E-state index < -0.39 is 21.5 Å². The first-order valence-electron chi connectivity index (χ1n) is 12.3. The smallest absolute Gasteiger partial charge is 0.379 e. The van der Waals surface area contributed by atoms with Crippen molar-refractivity contribution in [3.05, 3.63) is 42.4 Å². The number of hydrogen-bond donors (Lipinski definition) is 1. The van der Waals surface area contributed by atoms with Crippen LogP contribution in [0.25, 0.3) is 27.8 Å². The minimum Gasteiger partial charge on any atom is -0.379 e. The molecular weight excluding hydrogens is 555 g/mol. The Hall–Kier alpha value is -3.89. The van der Waals surface area contributed by atoms with Crippen molar-refractivity contribution in [2.24, 2.45) is 5.92 Å². The third kappa shape index (κ3) is 5.29. The number of nitrogens with one attached hydrogen (secondary N) is 1. The molecule has 16 heteroatoms. The number of pyridine rings is 3. The first kappa shape index (κ1) is 26.3. The van der Waals surface area contributed by atoms with Crippen LogP contribution in [0.5, 0.6) is 5.88 Å². The van der Waals surface area contributed by atoms with Crippen molar-refractivity contribution in [2.75, 3.05) is 31.6 Å². The number of morpholine rings is 1. The first-order chi connectivity index (χ1) is 19.1. The number of alkyl halides is 3. The zero-order valence-electron chi connectivity index (χ0n) is 20.8. The summed E-state index contributed by atoms with van der Waals surface area (Å²) >= 11 is 0. The largest absolute Gasteiger partial charge is 0.534 e. The summed E-state index contributed by atoms with van der Waals surface area (Å²) in [6.07, 6.45) is 5.54. The first-order valence-corrected chi connectivity index (χ1v) is 13.7. The molecule has 1 amide bonds. The van der Waals surface area contributed by atoms with Gasteiger partial charge in [0.05, 0.1) is 18.6 Å². The van der Waals surface area contributed by atoms with Gasteiger partial charge in [-0.3, -0.25) is 9.69 Å². The van der Waals surface area contributed by atoms with Crippen LogP contribution in [-0.4, -0.2) is 75.6 Å². The number of fused-ring (bicyclic) bond motifs is 2. The zero-order valence-corrected chi connectivity index (χ0v) is 21.6. The van der Waals surface area contributed by atoms with Crippen LogP contribution in [0.2, 0.25) is 0 Å². The lowest BCUT2D eigenvalue weighted by atomic mass is 10.1. The van der Waals surface area contributed by atoms with Crippen LogP contribution in [-0.2, 0) is 26.2 Å². The van der Waals surface area contributed by atoms with E-state index in [1.807, 2.05) is 12.3 Å². The van der Waals surface area contributed by atoms with Crippen LogP contribution >= 0.6 is 0 Å². The molecule has 1 N–H and O–H groups in total. The van der Waals surface area contributed by atoms with E-state index >= 15 is 0 Å². The summed E-state index contributed by atoms with van der Waals surface area (Å²) < 4.78 is 73.8. The fourth-order valence-corrected chi connectivity index (χ4v) is 4.73. The van der Waals surface area contributed by atoms with Crippen molar-refractivity contribution in [1.82, 2.24) is 29.5 Å². The third-order valence-corrected chi connectivity index (χ3v) is 7.49. The van der Waals surface area contributed by atoms with E-state index in [-0.39, 0.29) is 39.8 Å². The maximum absolute atomic E-state index is 13.0. The molecule has 2 fully saturated rings. The summed E-state index contributed by atoms with van der Waals surface area (Å²) in [6, 6.07) is 5.11. The van der Waals surface area contributed by atoms with Crippen LogP contribution in [0.3, 0.4) is 0 Å². The van der Waals surface area contributed by atoms with Gasteiger partial charge in [-0.2, -0.15) is 21.6 Å². The molecule has 0 radical (unpaired) electrons. The van der Waals surface area contributed by atoms with Gasteiger partial charge in [-0.15, -0.1) is 5.10 Å². The molecule has 1 aliphatic carbocycles. The molecule has 2 aliphatic rings. The van der Waals surface area contributed by atoms with Crippen molar-refractivity contribution < 1.29 is 35.3 Å². The average molecular weight is 578 g/mol. The summed E-state index contributed by atoms with van der Waals surface area (Å²) in [5, 5.41) is 7.26. The molecule has 40 heavy (non-hydrogen) atoms. The Morgan fingerprint density at radius 3 is 2.62 bits per heavy atom. The van der Waals surface area contributed by atoms with E-state index in [1.54, 1.807) is 10.6 Å². The van der Waals surface area contributed by atoms with Gasteiger partial charge in [-0.1, -0.05) is 6.07 Å². The number of carbonyl (C=O) groups is 1. The number of anilines is 1. The van der Waals surface area contributed by atoms with E-state index in [4.69, 9.17) is 4.74 Å². The highest BCUT2D eigenvalue weighted by Gasteiger charge is 2.49. The lowest BCUT2D eigenvalue weighted by Gasteiger charge is -2.26. The summed E-state index contributed by atoms with van der Waals surface area (Å²) in [4.78, 5) is 27.0. The molecule has 1 saturated carbocycles. The fraction of sp³-hybridized carbons (Fsp3) is 0.375. The number of aromatic nitrogens is 5. The summed E-state index contributed by atoms with van der Waals surface area (Å²) in [6.45, 7) is 3.64. The molecule has 5 heterocycles. The maximum atomic E-state index is 13.0. The molecular formula is C24H22F3N7O5S. The molecule has 1 aliphatic heterocycles. The van der Waals surface area contributed by atoms with E-state index in [2.05, 4.69) is 34.5 Å². The van der Waals surface area contributed by atoms with Crippen LogP contribution in [0.15, 0.2) is 36.8 Å². The van der Waals surface area contributed by atoms with Gasteiger partial charge in [-0.25, -0.2) is 19.5 Å². The summed E-state index contributed by atoms with van der Waals surface area (Å²) in [5.41, 5.74) is -3.89. The Bertz CT molecular complexity index is 1720. The topological polar surface area (TPSA) is 141 Å². The zero-order chi connectivity index (χ0) is 28.1. The highest BCUT2D eigenvalue weighted by molar-refractivity contribution is 7.88. The molecule has 6 rings (SSSR count). The average Bonchev–Trinajstić information content (AvgIpc) is 3.68. The van der Waals surface area contributed by atoms with Gasteiger partial charge < -0.3 is 14.2 Å². The second-order valence-corrected chi connectivity index (χ2v) is 11.0. The van der Waals surface area contributed by atoms with Gasteiger partial charge in [0.2, 0.25) is 11.8 Å². The van der Waals surface area contributed by atoms with Crippen molar-refractivity contribution in [1.29, 1.82) is 0 Å². The fourth-order valence-electron chi connectivity index (χ4n) is 4.30. The minimum absolute atomic E-state index is 0.123. The van der Waals surface area contributed by atoms with Gasteiger partial charge >= 0.3 is 15.6 Å². The molecule has 0 bridgehead atoms. The predicted molar refractivity (Wildman–Crippen MR) is 135 cm³/mol. The Morgan fingerprint density at radius 1 is 1.12 bits per heavy atom. The third-order valence-electron chi connectivity index (χ3n) is 6.55. The molecule has 0 atom stereocenters. The second kappa shape index (κ2) is 9.94. The standard InChI is InChI=1S/C24H22F3N7O5S/c25-24(26,27)40(36,37)39-23-18-11-28-19(30-22(35)15-2-3-15)9-16(18)17(10-29-23)21-31-20-4-1-14(13-34(20)32-21)12-33-5-7-38-8-6-33/h1,4,9-11,13,15H,2-3,5-8,12H2,(H,28,30,35). The monoisotopic (exact) mass is 577 g/mol. The van der Waals surface area contributed by atoms with Gasteiger partial charge in [0.25, 0.3) is 0 Å². The Balaban J connectivity index is 1.40. The Kier molecular flexibility index (Phi) is 6.54. The molecule has 210 valence electrons. The van der Waals surface area contributed by atoms with Crippen LogP contribution in [0.1, 0.15) is 18.4 Å².